The van der Waals surface area contributed by atoms with Crippen molar-refractivity contribution in [1.29, 1.82) is 0 Å². The molecule has 2 aliphatic carbocycles. The van der Waals surface area contributed by atoms with Gasteiger partial charge in [0.15, 0.2) is 23.2 Å². The first kappa shape index (κ1) is 31.7. The summed E-state index contributed by atoms with van der Waals surface area (Å²) in [7, 11) is 0. The van der Waals surface area contributed by atoms with E-state index in [1.165, 1.54) is 82.7 Å². The van der Waals surface area contributed by atoms with Crippen molar-refractivity contribution >= 4 is 0 Å². The van der Waals surface area contributed by atoms with E-state index in [1.54, 1.807) is 0 Å². The minimum absolute atomic E-state index is 0.0332. The monoisotopic (exact) mass is 576 g/mol. The molecule has 1 atom stereocenters. The predicted molar refractivity (Wildman–Crippen MR) is 156 cm³/mol. The number of hydrogen-bond acceptors (Lipinski definition) is 3. The highest BCUT2D eigenvalue weighted by Gasteiger charge is 2.48. The van der Waals surface area contributed by atoms with Crippen LogP contribution in [-0.4, -0.2) is 16.6 Å². The zero-order valence-corrected chi connectivity index (χ0v) is 24.8. The number of aromatic nitrogens is 2. The van der Waals surface area contributed by atoms with Gasteiger partial charge in [-0.3, -0.25) is 0 Å². The van der Waals surface area contributed by atoms with E-state index in [1.807, 2.05) is 0 Å². The van der Waals surface area contributed by atoms with Crippen LogP contribution >= 0.6 is 0 Å². The molecule has 0 bridgehead atoms. The number of benzene rings is 1. The standard InChI is InChI=1S/C34H48F4N2O/c1-2-3-4-5-11-14-21-41-28-23-39-33(40-24-28)29-22-26-19-20-27(34(37,38)30(26)32(36)31(29)35)16-13-10-8-6-7-9-12-15-25-17-18-25/h22-25,27H,2-21H2,1H3. The van der Waals surface area contributed by atoms with Crippen LogP contribution in [0.2, 0.25) is 0 Å². The van der Waals surface area contributed by atoms with E-state index in [0.717, 1.165) is 38.0 Å². The third-order valence-electron chi connectivity index (χ3n) is 8.89. The first-order valence-electron chi connectivity index (χ1n) is 16.3. The molecule has 1 aromatic carbocycles. The summed E-state index contributed by atoms with van der Waals surface area (Å²) in [5.74, 6) is -5.74. The van der Waals surface area contributed by atoms with E-state index >= 15 is 17.6 Å². The minimum Gasteiger partial charge on any atom is -0.490 e. The Morgan fingerprint density at radius 3 is 2.05 bits per heavy atom. The zero-order valence-electron chi connectivity index (χ0n) is 24.8. The molecular formula is C34H48F4N2O. The van der Waals surface area contributed by atoms with Crippen molar-refractivity contribution < 1.29 is 22.3 Å². The minimum atomic E-state index is -3.39. The number of aryl methyl sites for hydroxylation is 1. The fourth-order valence-electron chi connectivity index (χ4n) is 6.16. The van der Waals surface area contributed by atoms with Crippen molar-refractivity contribution in [2.75, 3.05) is 6.61 Å². The van der Waals surface area contributed by atoms with Gasteiger partial charge in [0.25, 0.3) is 5.92 Å². The second-order valence-corrected chi connectivity index (χ2v) is 12.3. The molecule has 7 heteroatoms. The molecule has 3 nitrogen and oxygen atoms in total. The maximum Gasteiger partial charge on any atom is 0.279 e. The number of halogens is 4. The molecule has 0 spiro atoms. The average Bonchev–Trinajstić information content (AvgIpc) is 3.79. The van der Waals surface area contributed by atoms with Gasteiger partial charge in [-0.15, -0.1) is 0 Å². The lowest BCUT2D eigenvalue weighted by Gasteiger charge is -2.34. The lowest BCUT2D eigenvalue weighted by Crippen LogP contribution is -2.33. The van der Waals surface area contributed by atoms with Crippen molar-refractivity contribution in [3.05, 3.63) is 41.2 Å². The van der Waals surface area contributed by atoms with Gasteiger partial charge in [0, 0.05) is 5.92 Å². The second kappa shape index (κ2) is 15.9. The van der Waals surface area contributed by atoms with E-state index in [-0.39, 0.29) is 23.4 Å². The molecule has 2 aliphatic rings. The summed E-state index contributed by atoms with van der Waals surface area (Å²) in [4.78, 5) is 8.30. The summed E-state index contributed by atoms with van der Waals surface area (Å²) in [6.45, 7) is 2.72. The lowest BCUT2D eigenvalue weighted by molar-refractivity contribution is -0.0823. The smallest absolute Gasteiger partial charge is 0.279 e. The van der Waals surface area contributed by atoms with Crippen molar-refractivity contribution in [2.24, 2.45) is 11.8 Å². The lowest BCUT2D eigenvalue weighted by atomic mass is 9.77. The third kappa shape index (κ3) is 9.15. The molecule has 1 fully saturated rings. The SMILES string of the molecule is CCCCCCCCOc1cnc(-c2cc3c(c(F)c2F)C(F)(F)C(CCCCCCCCCC2CC2)CC3)nc1. The van der Waals surface area contributed by atoms with Crippen LogP contribution in [0, 0.1) is 23.5 Å². The molecule has 0 aliphatic heterocycles. The highest BCUT2D eigenvalue weighted by Crippen LogP contribution is 2.49. The molecule has 0 saturated heterocycles. The van der Waals surface area contributed by atoms with Crippen molar-refractivity contribution in [3.63, 3.8) is 0 Å². The topological polar surface area (TPSA) is 35.0 Å². The van der Waals surface area contributed by atoms with Crippen LogP contribution in [0.5, 0.6) is 5.75 Å². The van der Waals surface area contributed by atoms with E-state index in [9.17, 15) is 0 Å². The largest absolute Gasteiger partial charge is 0.490 e. The Balaban J connectivity index is 1.27. The van der Waals surface area contributed by atoms with Crippen LogP contribution in [0.25, 0.3) is 11.4 Å². The maximum absolute atomic E-state index is 15.5. The molecule has 0 N–H and O–H groups in total. The summed E-state index contributed by atoms with van der Waals surface area (Å²) in [5, 5.41) is 0. The zero-order chi connectivity index (χ0) is 29.1. The van der Waals surface area contributed by atoms with Crippen molar-refractivity contribution in [2.45, 2.75) is 135 Å². The normalized spacial score (nSPS) is 17.9. The quantitative estimate of drug-likeness (QED) is 0.123. The Morgan fingerprint density at radius 2 is 1.39 bits per heavy atom. The van der Waals surface area contributed by atoms with Gasteiger partial charge in [-0.1, -0.05) is 103 Å². The molecule has 1 unspecified atom stereocenters. The molecule has 2 aromatic rings. The highest BCUT2D eigenvalue weighted by molar-refractivity contribution is 5.60. The van der Waals surface area contributed by atoms with E-state index in [4.69, 9.17) is 4.74 Å². The molecule has 1 aromatic heterocycles. The molecule has 4 rings (SSSR count). The van der Waals surface area contributed by atoms with Gasteiger partial charge >= 0.3 is 0 Å². The summed E-state index contributed by atoms with van der Waals surface area (Å²) in [6, 6.07) is 1.31. The van der Waals surface area contributed by atoms with Crippen LogP contribution in [0.1, 0.15) is 134 Å². The summed E-state index contributed by atoms with van der Waals surface area (Å²) < 4.78 is 66.9. The fraction of sp³-hybridized carbons (Fsp3) is 0.706. The van der Waals surface area contributed by atoms with Crippen LogP contribution in [0.15, 0.2) is 18.5 Å². The van der Waals surface area contributed by atoms with Gasteiger partial charge in [0.05, 0.1) is 30.1 Å². The highest BCUT2D eigenvalue weighted by atomic mass is 19.3. The van der Waals surface area contributed by atoms with Gasteiger partial charge in [0.2, 0.25) is 0 Å². The Bertz CT molecular complexity index is 1070. The number of unbranched alkanes of at least 4 members (excludes halogenated alkanes) is 11. The van der Waals surface area contributed by atoms with Gasteiger partial charge in [0.1, 0.15) is 0 Å². The van der Waals surface area contributed by atoms with Crippen LogP contribution in [0.4, 0.5) is 17.6 Å². The second-order valence-electron chi connectivity index (χ2n) is 12.3. The molecule has 1 heterocycles. The summed E-state index contributed by atoms with van der Waals surface area (Å²) in [5.41, 5.74) is -0.807. The van der Waals surface area contributed by atoms with Gasteiger partial charge < -0.3 is 4.74 Å². The summed E-state index contributed by atoms with van der Waals surface area (Å²) >= 11 is 0. The Kier molecular flexibility index (Phi) is 12.3. The van der Waals surface area contributed by atoms with Gasteiger partial charge in [-0.2, -0.15) is 0 Å². The average molecular weight is 577 g/mol. The first-order chi connectivity index (χ1) is 19.9. The Labute approximate surface area is 243 Å². The first-order valence-corrected chi connectivity index (χ1v) is 16.3. The Morgan fingerprint density at radius 1 is 0.780 bits per heavy atom. The predicted octanol–water partition coefficient (Wildman–Crippen LogP) is 10.7. The number of hydrogen-bond donors (Lipinski definition) is 0. The van der Waals surface area contributed by atoms with Crippen molar-refractivity contribution in [3.8, 4) is 17.1 Å². The molecule has 228 valence electrons. The van der Waals surface area contributed by atoms with Crippen molar-refractivity contribution in [1.82, 2.24) is 9.97 Å². The molecule has 0 amide bonds. The number of fused-ring (bicyclic) bond motifs is 1. The third-order valence-corrected chi connectivity index (χ3v) is 8.89. The molecule has 0 radical (unpaired) electrons. The number of ether oxygens (including phenoxy) is 1. The van der Waals surface area contributed by atoms with Gasteiger partial charge in [-0.05, 0) is 43.2 Å². The number of nitrogens with zero attached hydrogens (tertiary/aromatic N) is 2. The van der Waals surface area contributed by atoms with Gasteiger partial charge in [-0.25, -0.2) is 27.5 Å². The molecular weight excluding hydrogens is 528 g/mol. The maximum atomic E-state index is 15.5. The fourth-order valence-corrected chi connectivity index (χ4v) is 6.16. The van der Waals surface area contributed by atoms with Crippen LogP contribution in [-0.2, 0) is 12.3 Å². The van der Waals surface area contributed by atoms with Crippen LogP contribution in [0.3, 0.4) is 0 Å². The van der Waals surface area contributed by atoms with Crippen LogP contribution < -0.4 is 4.74 Å². The number of rotatable bonds is 19. The molecule has 41 heavy (non-hydrogen) atoms. The summed E-state index contributed by atoms with van der Waals surface area (Å²) in [6.07, 6.45) is 22.4. The van der Waals surface area contributed by atoms with E-state index in [0.29, 0.717) is 31.6 Å². The number of alkyl halides is 2. The Hall–Kier alpha value is -2.18. The van der Waals surface area contributed by atoms with E-state index in [2.05, 4.69) is 16.9 Å². The van der Waals surface area contributed by atoms with E-state index < -0.39 is 29.0 Å². The molecule has 1 saturated carbocycles.